The fourth-order valence-corrected chi connectivity index (χ4v) is 5.61. The van der Waals surface area contributed by atoms with Crippen LogP contribution in [0.5, 0.6) is 0 Å². The predicted octanol–water partition coefficient (Wildman–Crippen LogP) is 9.99. The molecule has 0 amide bonds. The van der Waals surface area contributed by atoms with E-state index in [1.54, 1.807) is 0 Å². The number of nitrogens with zero attached hydrogens (tertiary/aromatic N) is 2. The van der Waals surface area contributed by atoms with Gasteiger partial charge in [-0.3, -0.25) is 4.90 Å². The van der Waals surface area contributed by atoms with Crippen molar-refractivity contribution >= 4 is 49.5 Å². The van der Waals surface area contributed by atoms with E-state index in [0.717, 1.165) is 22.9 Å². The maximum atomic E-state index is 4.98. The van der Waals surface area contributed by atoms with Crippen molar-refractivity contribution in [1.82, 2.24) is 4.98 Å². The van der Waals surface area contributed by atoms with Gasteiger partial charge in [0.2, 0.25) is 0 Å². The molecule has 0 atom stereocenters. The highest BCUT2D eigenvalue weighted by Gasteiger charge is 2.22. The first kappa shape index (κ1) is 22.3. The maximum Gasteiger partial charge on any atom is 0.137 e. The van der Waals surface area contributed by atoms with Crippen molar-refractivity contribution in [2.75, 3.05) is 4.90 Å². The van der Waals surface area contributed by atoms with E-state index < -0.39 is 0 Å². The molecule has 0 aliphatic carbocycles. The second-order valence-electron chi connectivity index (χ2n) is 9.68. The van der Waals surface area contributed by atoms with Gasteiger partial charge in [0.15, 0.2) is 0 Å². The summed E-state index contributed by atoms with van der Waals surface area (Å²) in [5, 5.41) is 7.34. The van der Waals surface area contributed by atoms with Crippen LogP contribution in [0.2, 0.25) is 0 Å². The average molecular weight is 487 g/mol. The molecule has 180 valence electrons. The van der Waals surface area contributed by atoms with Crippen LogP contribution in [0.15, 0.2) is 140 Å². The summed E-state index contributed by atoms with van der Waals surface area (Å²) in [6, 6.07) is 49.7. The Bertz CT molecular complexity index is 1880. The summed E-state index contributed by atoms with van der Waals surface area (Å²) in [4.78, 5) is 7.29. The highest BCUT2D eigenvalue weighted by atomic mass is 15.2. The molecule has 0 aliphatic heterocycles. The summed E-state index contributed by atoms with van der Waals surface area (Å²) in [6.45, 7) is 2.05. The molecule has 0 spiro atoms. The quantitative estimate of drug-likeness (QED) is 0.230. The molecule has 2 heteroatoms. The van der Waals surface area contributed by atoms with Crippen LogP contribution in [0.3, 0.4) is 0 Å². The minimum atomic E-state index is 0.907. The fourth-order valence-electron chi connectivity index (χ4n) is 5.61. The third-order valence-electron chi connectivity index (χ3n) is 7.28. The van der Waals surface area contributed by atoms with Crippen molar-refractivity contribution in [3.8, 4) is 11.1 Å². The van der Waals surface area contributed by atoms with Crippen molar-refractivity contribution in [3.05, 3.63) is 145 Å². The third-order valence-corrected chi connectivity index (χ3v) is 7.28. The number of fused-ring (bicyclic) bond motifs is 3. The average Bonchev–Trinajstić information content (AvgIpc) is 2.97. The first-order valence-electron chi connectivity index (χ1n) is 13.0. The normalized spacial score (nSPS) is 11.3. The zero-order chi connectivity index (χ0) is 25.5. The summed E-state index contributed by atoms with van der Waals surface area (Å²) in [6.07, 6.45) is 0. The first-order chi connectivity index (χ1) is 18.8. The molecule has 7 aromatic rings. The molecule has 38 heavy (non-hydrogen) atoms. The number of hydrogen-bond donors (Lipinski definition) is 0. The second-order valence-corrected chi connectivity index (χ2v) is 9.68. The number of rotatable bonds is 4. The van der Waals surface area contributed by atoms with Crippen molar-refractivity contribution in [1.29, 1.82) is 0 Å². The number of anilines is 3. The lowest BCUT2D eigenvalue weighted by molar-refractivity contribution is 1.14. The highest BCUT2D eigenvalue weighted by Crippen LogP contribution is 2.47. The number of para-hydroxylation sites is 1. The largest absolute Gasteiger partial charge is 0.294 e. The highest BCUT2D eigenvalue weighted by molar-refractivity contribution is 6.22. The van der Waals surface area contributed by atoms with Crippen LogP contribution >= 0.6 is 0 Å². The van der Waals surface area contributed by atoms with Crippen LogP contribution in [0.1, 0.15) is 5.69 Å². The van der Waals surface area contributed by atoms with Gasteiger partial charge in [-0.1, -0.05) is 109 Å². The van der Waals surface area contributed by atoms with Crippen molar-refractivity contribution in [2.45, 2.75) is 6.92 Å². The molecule has 0 N–H and O–H groups in total. The lowest BCUT2D eigenvalue weighted by atomic mass is 9.89. The van der Waals surface area contributed by atoms with Gasteiger partial charge in [0.05, 0.1) is 5.69 Å². The molecule has 2 nitrogen and oxygen atoms in total. The van der Waals surface area contributed by atoms with Crippen LogP contribution in [-0.2, 0) is 0 Å². The van der Waals surface area contributed by atoms with Crippen molar-refractivity contribution in [2.24, 2.45) is 0 Å². The van der Waals surface area contributed by atoms with Gasteiger partial charge in [0, 0.05) is 22.2 Å². The van der Waals surface area contributed by atoms with Crippen LogP contribution < -0.4 is 4.90 Å². The van der Waals surface area contributed by atoms with Gasteiger partial charge >= 0.3 is 0 Å². The lowest BCUT2D eigenvalue weighted by Crippen LogP contribution is -2.13. The predicted molar refractivity (Wildman–Crippen MR) is 162 cm³/mol. The molecule has 6 aromatic carbocycles. The number of pyridine rings is 1. The van der Waals surface area contributed by atoms with E-state index in [1.165, 1.54) is 43.4 Å². The molecule has 1 heterocycles. The second kappa shape index (κ2) is 9.17. The van der Waals surface area contributed by atoms with Crippen LogP contribution in [-0.4, -0.2) is 4.98 Å². The SMILES string of the molecule is Cc1cccc(N(c2ccccc2)c2c3ccccc3c(-c3ccc4ccccc4c3)c3ccccc23)n1. The Kier molecular flexibility index (Phi) is 5.37. The Hall–Kier alpha value is -4.95. The molecule has 0 fully saturated rings. The van der Waals surface area contributed by atoms with Gasteiger partial charge in [-0.05, 0) is 69.9 Å². The van der Waals surface area contributed by atoms with Crippen LogP contribution in [0.4, 0.5) is 17.2 Å². The van der Waals surface area contributed by atoms with E-state index in [0.29, 0.717) is 0 Å². The topological polar surface area (TPSA) is 16.1 Å². The Balaban J connectivity index is 1.61. The summed E-state index contributed by atoms with van der Waals surface area (Å²) in [7, 11) is 0. The van der Waals surface area contributed by atoms with Gasteiger partial charge in [-0.25, -0.2) is 4.98 Å². The molecule has 0 radical (unpaired) electrons. The Labute approximate surface area is 222 Å². The van der Waals surface area contributed by atoms with Gasteiger partial charge < -0.3 is 0 Å². The van der Waals surface area contributed by atoms with E-state index >= 15 is 0 Å². The summed E-state index contributed by atoms with van der Waals surface area (Å²) < 4.78 is 0. The minimum Gasteiger partial charge on any atom is -0.294 e. The van der Waals surface area contributed by atoms with Crippen LogP contribution in [0.25, 0.3) is 43.4 Å². The zero-order valence-electron chi connectivity index (χ0n) is 21.2. The van der Waals surface area contributed by atoms with Gasteiger partial charge in [-0.15, -0.1) is 0 Å². The smallest absolute Gasteiger partial charge is 0.137 e. The Morgan fingerprint density at radius 1 is 0.500 bits per heavy atom. The molecule has 0 unspecified atom stereocenters. The molecule has 0 saturated heterocycles. The number of hydrogen-bond acceptors (Lipinski definition) is 2. The van der Waals surface area contributed by atoms with Gasteiger partial charge in [-0.2, -0.15) is 0 Å². The summed E-state index contributed by atoms with van der Waals surface area (Å²) in [5.74, 6) is 0.907. The van der Waals surface area contributed by atoms with E-state index in [-0.39, 0.29) is 0 Å². The van der Waals surface area contributed by atoms with E-state index in [1.807, 2.05) is 13.0 Å². The van der Waals surface area contributed by atoms with Crippen LogP contribution in [0, 0.1) is 6.92 Å². The maximum absolute atomic E-state index is 4.98. The van der Waals surface area contributed by atoms with Crippen molar-refractivity contribution < 1.29 is 0 Å². The standard InChI is InChI=1S/C36H26N2/c1-25-12-11-21-34(37-25)38(29-15-3-2-4-16-29)36-32-19-9-7-17-30(32)35(31-18-8-10-20-33(31)36)28-23-22-26-13-5-6-14-27(26)24-28/h2-24H,1H3. The monoisotopic (exact) mass is 486 g/mol. The van der Waals surface area contributed by atoms with E-state index in [2.05, 4.69) is 138 Å². The summed E-state index contributed by atoms with van der Waals surface area (Å²) in [5.41, 5.74) is 5.70. The van der Waals surface area contributed by atoms with E-state index in [4.69, 9.17) is 4.98 Å². The molecule has 1 aromatic heterocycles. The molecular formula is C36H26N2. The molecule has 0 aliphatic rings. The van der Waals surface area contributed by atoms with Gasteiger partial charge in [0.1, 0.15) is 5.82 Å². The molecular weight excluding hydrogens is 460 g/mol. The Morgan fingerprint density at radius 3 is 1.79 bits per heavy atom. The Morgan fingerprint density at radius 2 is 1.11 bits per heavy atom. The molecule has 0 bridgehead atoms. The number of aryl methyl sites for hydroxylation is 1. The molecule has 7 rings (SSSR count). The fraction of sp³-hybridized carbons (Fsp3) is 0.0278. The third kappa shape index (κ3) is 3.70. The minimum absolute atomic E-state index is 0.907. The number of benzene rings is 6. The summed E-state index contributed by atoms with van der Waals surface area (Å²) >= 11 is 0. The lowest BCUT2D eigenvalue weighted by Gasteiger charge is -2.28. The zero-order valence-corrected chi connectivity index (χ0v) is 21.2. The van der Waals surface area contributed by atoms with E-state index in [9.17, 15) is 0 Å². The molecule has 0 saturated carbocycles. The first-order valence-corrected chi connectivity index (χ1v) is 13.0. The van der Waals surface area contributed by atoms with Crippen molar-refractivity contribution in [3.63, 3.8) is 0 Å². The number of aromatic nitrogens is 1. The van der Waals surface area contributed by atoms with Gasteiger partial charge in [0.25, 0.3) is 0 Å².